The maximum absolute atomic E-state index is 12.4. The highest BCUT2D eigenvalue weighted by molar-refractivity contribution is 9.10. The lowest BCUT2D eigenvalue weighted by atomic mass is 9.94. The maximum atomic E-state index is 12.4. The van der Waals surface area contributed by atoms with Crippen molar-refractivity contribution >= 4 is 33.6 Å². The zero-order valence-electron chi connectivity index (χ0n) is 11.4. The number of halogens is 1. The smallest absolute Gasteiger partial charge is 0.252 e. The van der Waals surface area contributed by atoms with Gasteiger partial charge in [0.25, 0.3) is 5.91 Å². The first-order chi connectivity index (χ1) is 9.11. The highest BCUT2D eigenvalue weighted by atomic mass is 79.9. The number of carbonyl (C=O) groups is 1. The lowest BCUT2D eigenvalue weighted by Crippen LogP contribution is -2.43. The molecule has 2 atom stereocenters. The van der Waals surface area contributed by atoms with Crippen LogP contribution in [0.1, 0.15) is 41.6 Å². The summed E-state index contributed by atoms with van der Waals surface area (Å²) in [5.74, 6) is 0.0397. The van der Waals surface area contributed by atoms with Gasteiger partial charge in [0.2, 0.25) is 0 Å². The number of hydrogen-bond donors (Lipinski definition) is 1. The molecule has 4 heteroatoms. The molecule has 0 saturated heterocycles. The number of nitrogens with one attached hydrogen (secondary N) is 1. The summed E-state index contributed by atoms with van der Waals surface area (Å²) in [7, 11) is 0. The highest BCUT2D eigenvalue weighted by Gasteiger charge is 2.26. The molecule has 1 aliphatic rings. The van der Waals surface area contributed by atoms with Crippen molar-refractivity contribution in [3.63, 3.8) is 0 Å². The third-order valence-corrected chi connectivity index (χ3v) is 5.52. The van der Waals surface area contributed by atoms with E-state index in [1.807, 2.05) is 36.9 Å². The predicted octanol–water partition coefficient (Wildman–Crippen LogP) is 4.16. The molecule has 0 aliphatic heterocycles. The zero-order chi connectivity index (χ0) is 13.8. The van der Waals surface area contributed by atoms with Crippen LogP contribution in [0.2, 0.25) is 0 Å². The fraction of sp³-hybridized carbons (Fsp3) is 0.533. The van der Waals surface area contributed by atoms with Gasteiger partial charge < -0.3 is 5.32 Å². The first kappa shape index (κ1) is 14.9. The number of amides is 1. The largest absolute Gasteiger partial charge is 0.348 e. The second-order valence-electron chi connectivity index (χ2n) is 5.12. The topological polar surface area (TPSA) is 29.1 Å². The van der Waals surface area contributed by atoms with Gasteiger partial charge in [0.1, 0.15) is 0 Å². The van der Waals surface area contributed by atoms with Crippen LogP contribution in [-0.4, -0.2) is 23.5 Å². The van der Waals surface area contributed by atoms with E-state index in [0.717, 1.165) is 22.0 Å². The molecule has 1 fully saturated rings. The van der Waals surface area contributed by atoms with Gasteiger partial charge in [-0.05, 0) is 59.6 Å². The fourth-order valence-corrected chi connectivity index (χ4v) is 4.20. The lowest BCUT2D eigenvalue weighted by molar-refractivity contribution is 0.0928. The summed E-state index contributed by atoms with van der Waals surface area (Å²) in [6.07, 6.45) is 6.95. The van der Waals surface area contributed by atoms with Crippen LogP contribution < -0.4 is 5.32 Å². The molecular formula is C15H20BrNOS. The first-order valence-corrected chi connectivity index (χ1v) is 8.79. The van der Waals surface area contributed by atoms with Crippen LogP contribution in [0.4, 0.5) is 0 Å². The van der Waals surface area contributed by atoms with Gasteiger partial charge in [-0.1, -0.05) is 18.9 Å². The quantitative estimate of drug-likeness (QED) is 0.894. The third-order valence-electron chi connectivity index (χ3n) is 3.69. The van der Waals surface area contributed by atoms with E-state index >= 15 is 0 Å². The van der Waals surface area contributed by atoms with E-state index in [1.54, 1.807) is 0 Å². The first-order valence-electron chi connectivity index (χ1n) is 6.71. The van der Waals surface area contributed by atoms with Crippen molar-refractivity contribution in [2.24, 2.45) is 0 Å². The summed E-state index contributed by atoms with van der Waals surface area (Å²) in [6, 6.07) is 6.17. The number of thioether (sulfide) groups is 1. The van der Waals surface area contributed by atoms with E-state index in [4.69, 9.17) is 0 Å². The molecule has 0 heterocycles. The van der Waals surface area contributed by atoms with Crippen molar-refractivity contribution in [2.75, 3.05) is 6.26 Å². The Hall–Kier alpha value is -0.480. The SMILES string of the molecule is CSC1CCCCC1NC(=O)c1ccc(C)cc1Br. The summed E-state index contributed by atoms with van der Waals surface area (Å²) in [4.78, 5) is 12.4. The van der Waals surface area contributed by atoms with Gasteiger partial charge in [0.05, 0.1) is 5.56 Å². The van der Waals surface area contributed by atoms with Gasteiger partial charge in [-0.25, -0.2) is 0 Å². The number of aryl methyl sites for hydroxylation is 1. The second kappa shape index (κ2) is 6.80. The Kier molecular flexibility index (Phi) is 5.34. The molecule has 0 spiro atoms. The Morgan fingerprint density at radius 3 is 2.79 bits per heavy atom. The van der Waals surface area contributed by atoms with Gasteiger partial charge in [0.15, 0.2) is 0 Å². The molecule has 2 unspecified atom stereocenters. The van der Waals surface area contributed by atoms with E-state index < -0.39 is 0 Å². The minimum atomic E-state index is 0.0397. The van der Waals surface area contributed by atoms with Crippen molar-refractivity contribution in [2.45, 2.75) is 43.9 Å². The minimum Gasteiger partial charge on any atom is -0.348 e. The number of carbonyl (C=O) groups excluding carboxylic acids is 1. The van der Waals surface area contributed by atoms with Crippen LogP contribution in [0.5, 0.6) is 0 Å². The Balaban J connectivity index is 2.07. The van der Waals surface area contributed by atoms with Crippen LogP contribution in [-0.2, 0) is 0 Å². The molecule has 2 rings (SSSR count). The third kappa shape index (κ3) is 3.76. The summed E-state index contributed by atoms with van der Waals surface area (Å²) >= 11 is 5.35. The molecule has 2 nitrogen and oxygen atoms in total. The molecule has 1 amide bonds. The molecule has 19 heavy (non-hydrogen) atoms. The summed E-state index contributed by atoms with van der Waals surface area (Å²) in [6.45, 7) is 2.03. The molecule has 0 bridgehead atoms. The van der Waals surface area contributed by atoms with Gasteiger partial charge >= 0.3 is 0 Å². The number of rotatable bonds is 3. The molecule has 1 aromatic carbocycles. The second-order valence-corrected chi connectivity index (χ2v) is 7.05. The molecule has 1 N–H and O–H groups in total. The van der Waals surface area contributed by atoms with Crippen LogP contribution in [0.3, 0.4) is 0 Å². The molecule has 0 aromatic heterocycles. The average molecular weight is 342 g/mol. The summed E-state index contributed by atoms with van der Waals surface area (Å²) in [5, 5.41) is 3.76. The van der Waals surface area contributed by atoms with E-state index in [9.17, 15) is 4.79 Å². The van der Waals surface area contributed by atoms with Crippen molar-refractivity contribution < 1.29 is 4.79 Å². The van der Waals surface area contributed by atoms with E-state index in [2.05, 4.69) is 27.5 Å². The van der Waals surface area contributed by atoms with Crippen LogP contribution in [0.25, 0.3) is 0 Å². The zero-order valence-corrected chi connectivity index (χ0v) is 13.8. The van der Waals surface area contributed by atoms with E-state index in [0.29, 0.717) is 11.3 Å². The highest BCUT2D eigenvalue weighted by Crippen LogP contribution is 2.28. The predicted molar refractivity (Wildman–Crippen MR) is 85.9 cm³/mol. The lowest BCUT2D eigenvalue weighted by Gasteiger charge is -2.31. The van der Waals surface area contributed by atoms with Crippen LogP contribution in [0.15, 0.2) is 22.7 Å². The van der Waals surface area contributed by atoms with Crippen LogP contribution >= 0.6 is 27.7 Å². The Labute approximate surface area is 127 Å². The standard InChI is InChI=1S/C15H20BrNOS/c1-10-7-8-11(12(16)9-10)15(18)17-13-5-3-4-6-14(13)19-2/h7-9,13-14H,3-6H2,1-2H3,(H,17,18). The summed E-state index contributed by atoms with van der Waals surface area (Å²) < 4.78 is 0.876. The maximum Gasteiger partial charge on any atom is 0.252 e. The Morgan fingerprint density at radius 1 is 1.37 bits per heavy atom. The van der Waals surface area contributed by atoms with Crippen molar-refractivity contribution in [3.05, 3.63) is 33.8 Å². The van der Waals surface area contributed by atoms with Gasteiger partial charge in [-0.3, -0.25) is 4.79 Å². The summed E-state index contributed by atoms with van der Waals surface area (Å²) in [5.41, 5.74) is 1.89. The normalized spacial score (nSPS) is 23.1. The molecular weight excluding hydrogens is 322 g/mol. The fourth-order valence-electron chi connectivity index (χ4n) is 2.59. The Morgan fingerprint density at radius 2 is 2.11 bits per heavy atom. The molecule has 0 radical (unpaired) electrons. The van der Waals surface area contributed by atoms with Gasteiger partial charge in [-0.2, -0.15) is 11.8 Å². The minimum absolute atomic E-state index is 0.0397. The monoisotopic (exact) mass is 341 g/mol. The van der Waals surface area contributed by atoms with E-state index in [-0.39, 0.29) is 5.91 Å². The van der Waals surface area contributed by atoms with Crippen molar-refractivity contribution in [1.29, 1.82) is 0 Å². The average Bonchev–Trinajstić information content (AvgIpc) is 2.39. The van der Waals surface area contributed by atoms with Crippen molar-refractivity contribution in [3.8, 4) is 0 Å². The van der Waals surface area contributed by atoms with Crippen molar-refractivity contribution in [1.82, 2.24) is 5.32 Å². The Bertz CT molecular complexity index is 463. The van der Waals surface area contributed by atoms with Gasteiger partial charge in [-0.15, -0.1) is 0 Å². The van der Waals surface area contributed by atoms with Crippen LogP contribution in [0, 0.1) is 6.92 Å². The molecule has 104 valence electrons. The molecule has 1 aromatic rings. The number of hydrogen-bond acceptors (Lipinski definition) is 2. The van der Waals surface area contributed by atoms with Gasteiger partial charge in [0, 0.05) is 15.8 Å². The number of benzene rings is 1. The molecule has 1 aliphatic carbocycles. The van der Waals surface area contributed by atoms with E-state index in [1.165, 1.54) is 19.3 Å². The molecule has 1 saturated carbocycles.